The fourth-order valence-electron chi connectivity index (χ4n) is 6.94. The molecule has 1 atom stereocenters. The van der Waals surface area contributed by atoms with E-state index in [9.17, 15) is 9.59 Å². The Kier molecular flexibility index (Phi) is 10.3. The van der Waals surface area contributed by atoms with Gasteiger partial charge in [-0.05, 0) is 88.3 Å². The number of hydrogen-bond donors (Lipinski definition) is 2. The molecule has 3 N–H and O–H groups in total. The van der Waals surface area contributed by atoms with Gasteiger partial charge in [0.15, 0.2) is 12.1 Å². The number of para-hydroxylation sites is 3. The molecule has 0 bridgehead atoms. The van der Waals surface area contributed by atoms with Crippen LogP contribution in [-0.4, -0.2) is 39.8 Å². The third kappa shape index (κ3) is 7.09. The highest BCUT2D eigenvalue weighted by Crippen LogP contribution is 2.40. The maximum atomic E-state index is 14.3. The van der Waals surface area contributed by atoms with Crippen molar-refractivity contribution in [2.75, 3.05) is 38.1 Å². The summed E-state index contributed by atoms with van der Waals surface area (Å²) in [7, 11) is 5.00. The quantitative estimate of drug-likeness (QED) is 0.115. The van der Waals surface area contributed by atoms with Crippen molar-refractivity contribution in [1.29, 1.82) is 0 Å². The number of rotatable bonds is 13. The number of carbonyl (C=O) groups excluding carboxylic acids is 2. The molecule has 1 amide bonds. The van der Waals surface area contributed by atoms with Crippen LogP contribution in [0.5, 0.6) is 17.2 Å². The third-order valence-electron chi connectivity index (χ3n) is 9.82. The molecule has 0 aromatic heterocycles. The van der Waals surface area contributed by atoms with Gasteiger partial charge < -0.3 is 34.9 Å². The number of anilines is 3. The van der Waals surface area contributed by atoms with Gasteiger partial charge >= 0.3 is 5.97 Å². The molecule has 7 rings (SSSR count). The summed E-state index contributed by atoms with van der Waals surface area (Å²) >= 11 is 0. The highest BCUT2D eigenvalue weighted by molar-refractivity contribution is 5.96. The second-order valence-electron chi connectivity index (χ2n) is 13.0. The first-order valence-electron chi connectivity index (χ1n) is 17.6. The molecular formula is C45H41N3O6. The number of nitrogens with two attached hydrogens (primary N) is 1. The van der Waals surface area contributed by atoms with Crippen LogP contribution in [0.4, 0.5) is 17.1 Å². The molecule has 0 fully saturated rings. The van der Waals surface area contributed by atoms with Crippen LogP contribution in [0.25, 0.3) is 11.1 Å². The number of hydrogen-bond acceptors (Lipinski definition) is 8. The molecule has 54 heavy (non-hydrogen) atoms. The van der Waals surface area contributed by atoms with E-state index < -0.39 is 11.5 Å². The van der Waals surface area contributed by atoms with Crippen molar-refractivity contribution in [3.8, 4) is 28.4 Å². The molecular weight excluding hydrogens is 679 g/mol. The van der Waals surface area contributed by atoms with E-state index in [2.05, 4.69) is 23.5 Å². The zero-order valence-corrected chi connectivity index (χ0v) is 30.4. The average Bonchev–Trinajstić information content (AvgIpc) is 3.61. The zero-order valence-electron chi connectivity index (χ0n) is 30.4. The Labute approximate surface area is 314 Å². The predicted octanol–water partition coefficient (Wildman–Crippen LogP) is 8.01. The Balaban J connectivity index is 1.09. The predicted molar refractivity (Wildman–Crippen MR) is 211 cm³/mol. The van der Waals surface area contributed by atoms with Crippen molar-refractivity contribution in [3.05, 3.63) is 167 Å². The van der Waals surface area contributed by atoms with Gasteiger partial charge in [0.05, 0.1) is 25.6 Å². The number of carbonyl (C=O) groups is 2. The first-order valence-corrected chi connectivity index (χ1v) is 17.6. The van der Waals surface area contributed by atoms with Crippen LogP contribution in [-0.2, 0) is 32.9 Å². The monoisotopic (exact) mass is 719 g/mol. The Morgan fingerprint density at radius 1 is 0.759 bits per heavy atom. The van der Waals surface area contributed by atoms with Crippen molar-refractivity contribution in [1.82, 2.24) is 0 Å². The van der Waals surface area contributed by atoms with Gasteiger partial charge in [0.2, 0.25) is 0 Å². The summed E-state index contributed by atoms with van der Waals surface area (Å²) in [6, 6.07) is 43.7. The lowest BCUT2D eigenvalue weighted by atomic mass is 9.83. The standard InChI is InChI=1S/C45H41N3O6/c1-48(33-14-5-4-6-15-33)41-19-10-9-18-40(41)47-43(49)29-53-34-22-20-32(21-23-34)45(46,39-25-24-35(51-2)27-42(39)52-3)44(50)54-28-31-13-11-17-37-36-16-8-7-12-30(36)26-38(31)37/h4-25,27H,26,28-29,46H2,1-3H3,(H,47,49). The minimum atomic E-state index is -1.77. The Bertz CT molecular complexity index is 2290. The van der Waals surface area contributed by atoms with Crippen LogP contribution < -0.4 is 30.2 Å². The number of nitrogens with one attached hydrogen (secondary N) is 1. The lowest BCUT2D eigenvalue weighted by Crippen LogP contribution is -2.47. The minimum absolute atomic E-state index is 0.0357. The van der Waals surface area contributed by atoms with Gasteiger partial charge in [-0.1, -0.05) is 84.9 Å². The van der Waals surface area contributed by atoms with Gasteiger partial charge in [-0.3, -0.25) is 4.79 Å². The number of benzene rings is 6. The average molecular weight is 720 g/mol. The van der Waals surface area contributed by atoms with Crippen molar-refractivity contribution >= 4 is 28.9 Å². The fraction of sp³-hybridized carbons (Fsp3) is 0.156. The van der Waals surface area contributed by atoms with Gasteiger partial charge in [0.25, 0.3) is 5.91 Å². The minimum Gasteiger partial charge on any atom is -0.497 e. The van der Waals surface area contributed by atoms with Crippen LogP contribution in [0.1, 0.15) is 27.8 Å². The molecule has 0 aliphatic heterocycles. The van der Waals surface area contributed by atoms with Crippen LogP contribution in [0.3, 0.4) is 0 Å². The summed E-state index contributed by atoms with van der Waals surface area (Å²) < 4.78 is 23.1. The summed E-state index contributed by atoms with van der Waals surface area (Å²) in [4.78, 5) is 29.4. The van der Waals surface area contributed by atoms with Crippen molar-refractivity contribution in [3.63, 3.8) is 0 Å². The lowest BCUT2D eigenvalue weighted by molar-refractivity contribution is -0.150. The number of amides is 1. The summed E-state index contributed by atoms with van der Waals surface area (Å²) in [5.74, 6) is 0.331. The lowest BCUT2D eigenvalue weighted by Gasteiger charge is -2.30. The number of fused-ring (bicyclic) bond motifs is 3. The van der Waals surface area contributed by atoms with E-state index in [1.807, 2.05) is 90.8 Å². The molecule has 1 aliphatic carbocycles. The molecule has 9 nitrogen and oxygen atoms in total. The normalized spacial score (nSPS) is 12.4. The van der Waals surface area contributed by atoms with Gasteiger partial charge in [-0.25, -0.2) is 4.79 Å². The molecule has 0 radical (unpaired) electrons. The summed E-state index contributed by atoms with van der Waals surface area (Å²) in [6.45, 7) is -0.204. The molecule has 1 unspecified atom stereocenters. The van der Waals surface area contributed by atoms with E-state index in [0.717, 1.165) is 34.5 Å². The first kappa shape index (κ1) is 35.8. The summed E-state index contributed by atoms with van der Waals surface area (Å²) in [6.07, 6.45) is 0.760. The SMILES string of the molecule is COc1ccc(C(N)(C(=O)OCc2cccc3c2Cc2ccccc2-3)c2ccc(OCC(=O)Nc3ccccc3N(C)c3ccccc3)cc2)c(OC)c1. The molecule has 6 aromatic rings. The van der Waals surface area contributed by atoms with Gasteiger partial charge in [0, 0.05) is 24.4 Å². The number of methoxy groups -OCH3 is 2. The van der Waals surface area contributed by atoms with Gasteiger partial charge in [-0.15, -0.1) is 0 Å². The van der Waals surface area contributed by atoms with Gasteiger partial charge in [-0.2, -0.15) is 0 Å². The molecule has 0 saturated heterocycles. The first-order chi connectivity index (χ1) is 26.3. The second-order valence-corrected chi connectivity index (χ2v) is 13.0. The van der Waals surface area contributed by atoms with E-state index in [0.29, 0.717) is 34.1 Å². The highest BCUT2D eigenvalue weighted by atomic mass is 16.5. The van der Waals surface area contributed by atoms with E-state index in [1.165, 1.54) is 18.2 Å². The number of esters is 1. The Morgan fingerprint density at radius 3 is 2.24 bits per heavy atom. The molecule has 6 aromatic carbocycles. The fourth-order valence-corrected chi connectivity index (χ4v) is 6.94. The van der Waals surface area contributed by atoms with Crippen molar-refractivity contribution < 1.29 is 28.5 Å². The van der Waals surface area contributed by atoms with Crippen LogP contribution >= 0.6 is 0 Å². The van der Waals surface area contributed by atoms with Crippen molar-refractivity contribution in [2.24, 2.45) is 5.73 Å². The number of ether oxygens (including phenoxy) is 4. The van der Waals surface area contributed by atoms with E-state index in [1.54, 1.807) is 49.6 Å². The van der Waals surface area contributed by atoms with E-state index in [-0.39, 0.29) is 19.1 Å². The van der Waals surface area contributed by atoms with E-state index >= 15 is 0 Å². The Morgan fingerprint density at radius 2 is 1.46 bits per heavy atom. The van der Waals surface area contributed by atoms with Crippen molar-refractivity contribution in [2.45, 2.75) is 18.6 Å². The third-order valence-corrected chi connectivity index (χ3v) is 9.82. The topological polar surface area (TPSA) is 112 Å². The van der Waals surface area contributed by atoms with Crippen LogP contribution in [0.2, 0.25) is 0 Å². The molecule has 0 saturated carbocycles. The maximum absolute atomic E-state index is 14.3. The summed E-state index contributed by atoms with van der Waals surface area (Å²) in [5.41, 5.74) is 14.3. The number of nitrogens with zero attached hydrogens (tertiary/aromatic N) is 1. The van der Waals surface area contributed by atoms with E-state index in [4.69, 9.17) is 24.7 Å². The zero-order chi connectivity index (χ0) is 37.7. The van der Waals surface area contributed by atoms with Crippen LogP contribution in [0.15, 0.2) is 140 Å². The second kappa shape index (κ2) is 15.6. The molecule has 0 spiro atoms. The van der Waals surface area contributed by atoms with Crippen LogP contribution in [0, 0.1) is 0 Å². The molecule has 272 valence electrons. The Hall–Kier alpha value is -6.58. The summed E-state index contributed by atoms with van der Waals surface area (Å²) in [5, 5.41) is 2.96. The highest BCUT2D eigenvalue weighted by Gasteiger charge is 2.42. The van der Waals surface area contributed by atoms with Gasteiger partial charge in [0.1, 0.15) is 23.9 Å². The molecule has 1 aliphatic rings. The molecule has 9 heteroatoms. The largest absolute Gasteiger partial charge is 0.497 e. The molecule has 0 heterocycles. The maximum Gasteiger partial charge on any atom is 0.335 e. The smallest absolute Gasteiger partial charge is 0.335 e.